The number of pyridine rings is 1. The zero-order chi connectivity index (χ0) is 14.0. The number of nitrogens with two attached hydrogens (primary N) is 1. The summed E-state index contributed by atoms with van der Waals surface area (Å²) in [5.74, 6) is 1.45. The molecule has 2 rings (SSSR count). The molecule has 0 aliphatic carbocycles. The monoisotopic (exact) mass is 282 g/mol. The molecule has 1 aliphatic rings. The smallest absolute Gasteiger partial charge is 0.288 e. The Balaban J connectivity index is 2.32. The van der Waals surface area contributed by atoms with E-state index in [0.29, 0.717) is 6.54 Å². The van der Waals surface area contributed by atoms with Crippen LogP contribution in [0.2, 0.25) is 0 Å². The van der Waals surface area contributed by atoms with E-state index in [1.165, 1.54) is 6.07 Å². The summed E-state index contributed by atoms with van der Waals surface area (Å²) in [6, 6.07) is 1.28. The summed E-state index contributed by atoms with van der Waals surface area (Å²) in [5, 5.41) is 10.7. The number of nitrogens with zero attached hydrogens (tertiary/aromatic N) is 3. The molecular weight excluding hydrogens is 268 g/mol. The Morgan fingerprint density at radius 2 is 2.42 bits per heavy atom. The van der Waals surface area contributed by atoms with Gasteiger partial charge in [0, 0.05) is 30.2 Å². The molecule has 0 bridgehead atoms. The van der Waals surface area contributed by atoms with Crippen molar-refractivity contribution in [2.75, 3.05) is 23.8 Å². The molecule has 2 N–H and O–H groups in total. The van der Waals surface area contributed by atoms with E-state index >= 15 is 0 Å². The molecule has 1 atom stereocenters. The van der Waals surface area contributed by atoms with Crippen molar-refractivity contribution in [1.29, 1.82) is 0 Å². The third kappa shape index (κ3) is 2.78. The van der Waals surface area contributed by atoms with Crippen molar-refractivity contribution in [3.8, 4) is 0 Å². The third-order valence-electron chi connectivity index (χ3n) is 2.97. The molecule has 1 aliphatic heterocycles. The Morgan fingerprint density at radius 3 is 3.05 bits per heavy atom. The number of hydrogen-bond donors (Lipinski definition) is 1. The summed E-state index contributed by atoms with van der Waals surface area (Å²) in [6.45, 7) is 2.57. The van der Waals surface area contributed by atoms with Gasteiger partial charge in [0.05, 0.1) is 10.5 Å². The van der Waals surface area contributed by atoms with Crippen molar-refractivity contribution in [3.05, 3.63) is 27.9 Å². The van der Waals surface area contributed by atoms with Gasteiger partial charge in [-0.1, -0.05) is 0 Å². The highest BCUT2D eigenvalue weighted by atomic mass is 32.2. The summed E-state index contributed by atoms with van der Waals surface area (Å²) in [5.41, 5.74) is 5.54. The first-order valence-corrected chi connectivity index (χ1v) is 6.95. The fraction of sp³-hybridized carbons (Fsp3) is 0.455. The van der Waals surface area contributed by atoms with Crippen LogP contribution in [0.4, 0.5) is 11.5 Å². The van der Waals surface area contributed by atoms with Gasteiger partial charge in [-0.2, -0.15) is 11.8 Å². The number of amides is 1. The van der Waals surface area contributed by atoms with Crippen LogP contribution < -0.4 is 5.73 Å². The van der Waals surface area contributed by atoms with E-state index in [2.05, 4.69) is 4.98 Å². The second kappa shape index (κ2) is 5.43. The van der Waals surface area contributed by atoms with Gasteiger partial charge < -0.3 is 10.6 Å². The van der Waals surface area contributed by atoms with Gasteiger partial charge in [0.25, 0.3) is 11.6 Å². The standard InChI is InChI=1S/C11H14N4O3S/c1-7-6-19-3-2-14(7)11(16)9-4-8(15(17)18)5-13-10(9)12/h4-5,7H,2-3,6H2,1H3,(H2,12,13). The van der Waals surface area contributed by atoms with Crippen LogP contribution in [0.25, 0.3) is 0 Å². The number of carbonyl (C=O) groups is 1. The van der Waals surface area contributed by atoms with Gasteiger partial charge in [-0.3, -0.25) is 14.9 Å². The summed E-state index contributed by atoms with van der Waals surface area (Å²) < 4.78 is 0. The quantitative estimate of drug-likeness (QED) is 0.644. The minimum atomic E-state index is -0.585. The van der Waals surface area contributed by atoms with Crippen LogP contribution in [-0.4, -0.2) is 44.8 Å². The van der Waals surface area contributed by atoms with E-state index in [0.717, 1.165) is 17.7 Å². The first kappa shape index (κ1) is 13.6. The Kier molecular flexibility index (Phi) is 3.89. The summed E-state index contributed by atoms with van der Waals surface area (Å²) >= 11 is 1.78. The Hall–Kier alpha value is -1.83. The van der Waals surface area contributed by atoms with Crippen molar-refractivity contribution in [2.45, 2.75) is 13.0 Å². The fourth-order valence-corrected chi connectivity index (χ4v) is 2.93. The van der Waals surface area contributed by atoms with Gasteiger partial charge in [-0.25, -0.2) is 4.98 Å². The molecule has 7 nitrogen and oxygen atoms in total. The molecule has 102 valence electrons. The number of nitro groups is 1. The predicted octanol–water partition coefficient (Wildman–Crippen LogP) is 1.15. The molecule has 8 heteroatoms. The molecule has 1 amide bonds. The third-order valence-corrected chi connectivity index (χ3v) is 4.16. The lowest BCUT2D eigenvalue weighted by Gasteiger charge is -2.33. The van der Waals surface area contributed by atoms with Crippen molar-refractivity contribution >= 4 is 29.2 Å². The highest BCUT2D eigenvalue weighted by Crippen LogP contribution is 2.23. The Labute approximate surface area is 114 Å². The van der Waals surface area contributed by atoms with E-state index in [1.807, 2.05) is 6.92 Å². The van der Waals surface area contributed by atoms with Gasteiger partial charge in [0.1, 0.15) is 12.0 Å². The Morgan fingerprint density at radius 1 is 1.68 bits per heavy atom. The molecule has 0 saturated carbocycles. The number of carbonyl (C=O) groups excluding carboxylic acids is 1. The largest absolute Gasteiger partial charge is 0.383 e. The molecule has 1 aromatic heterocycles. The van der Waals surface area contributed by atoms with Crippen molar-refractivity contribution in [1.82, 2.24) is 9.88 Å². The van der Waals surface area contributed by atoms with Crippen molar-refractivity contribution in [2.24, 2.45) is 0 Å². The maximum atomic E-state index is 12.4. The highest BCUT2D eigenvalue weighted by molar-refractivity contribution is 7.99. The first-order chi connectivity index (χ1) is 9.00. The van der Waals surface area contributed by atoms with E-state index in [9.17, 15) is 14.9 Å². The molecule has 0 spiro atoms. The second-order valence-corrected chi connectivity index (χ2v) is 5.46. The zero-order valence-electron chi connectivity index (χ0n) is 10.4. The topological polar surface area (TPSA) is 102 Å². The molecule has 2 heterocycles. The molecule has 1 saturated heterocycles. The minimum absolute atomic E-state index is 0.0287. The van der Waals surface area contributed by atoms with Gasteiger partial charge >= 0.3 is 0 Å². The predicted molar refractivity (Wildman–Crippen MR) is 73.1 cm³/mol. The average molecular weight is 282 g/mol. The molecule has 1 aromatic rings. The highest BCUT2D eigenvalue weighted by Gasteiger charge is 2.27. The Bertz CT molecular complexity index is 523. The lowest BCUT2D eigenvalue weighted by atomic mass is 10.2. The van der Waals surface area contributed by atoms with Crippen LogP contribution in [-0.2, 0) is 0 Å². The maximum Gasteiger partial charge on any atom is 0.288 e. The average Bonchev–Trinajstić information content (AvgIpc) is 2.38. The van der Waals surface area contributed by atoms with Gasteiger partial charge in [-0.05, 0) is 6.92 Å². The number of thioether (sulfide) groups is 1. The minimum Gasteiger partial charge on any atom is -0.383 e. The van der Waals surface area contributed by atoms with E-state index in [4.69, 9.17) is 5.73 Å². The summed E-state index contributed by atoms with van der Waals surface area (Å²) in [6.07, 6.45) is 1.06. The number of nitrogen functional groups attached to an aromatic ring is 1. The van der Waals surface area contributed by atoms with Crippen LogP contribution in [0, 0.1) is 10.1 Å². The molecule has 0 aromatic carbocycles. The van der Waals surface area contributed by atoms with Crippen LogP contribution in [0.15, 0.2) is 12.3 Å². The second-order valence-electron chi connectivity index (χ2n) is 4.31. The maximum absolute atomic E-state index is 12.4. The lowest BCUT2D eigenvalue weighted by molar-refractivity contribution is -0.385. The van der Waals surface area contributed by atoms with Gasteiger partial charge in [0.15, 0.2) is 0 Å². The van der Waals surface area contributed by atoms with Crippen molar-refractivity contribution < 1.29 is 9.72 Å². The zero-order valence-corrected chi connectivity index (χ0v) is 11.2. The molecular formula is C11H14N4O3S. The number of anilines is 1. The van der Waals surface area contributed by atoms with E-state index < -0.39 is 4.92 Å². The number of hydrogen-bond acceptors (Lipinski definition) is 6. The summed E-state index contributed by atoms with van der Waals surface area (Å²) in [7, 11) is 0. The summed E-state index contributed by atoms with van der Waals surface area (Å²) in [4.78, 5) is 27.9. The number of aromatic nitrogens is 1. The van der Waals surface area contributed by atoms with Crippen LogP contribution >= 0.6 is 11.8 Å². The normalized spacial score (nSPS) is 19.2. The van der Waals surface area contributed by atoms with Crippen LogP contribution in [0.1, 0.15) is 17.3 Å². The van der Waals surface area contributed by atoms with Crippen LogP contribution in [0.5, 0.6) is 0 Å². The molecule has 1 unspecified atom stereocenters. The SMILES string of the molecule is CC1CSCCN1C(=O)c1cc([N+](=O)[O-])cnc1N. The van der Waals surface area contributed by atoms with Crippen LogP contribution in [0.3, 0.4) is 0 Å². The lowest BCUT2D eigenvalue weighted by Crippen LogP contribution is -2.44. The van der Waals surface area contributed by atoms with E-state index in [-0.39, 0.29) is 29.0 Å². The van der Waals surface area contributed by atoms with E-state index in [1.54, 1.807) is 16.7 Å². The van der Waals surface area contributed by atoms with Gasteiger partial charge in [-0.15, -0.1) is 0 Å². The van der Waals surface area contributed by atoms with Gasteiger partial charge in [0.2, 0.25) is 0 Å². The fourth-order valence-electron chi connectivity index (χ4n) is 1.92. The molecule has 0 radical (unpaired) electrons. The first-order valence-electron chi connectivity index (χ1n) is 5.79. The molecule has 1 fully saturated rings. The molecule has 19 heavy (non-hydrogen) atoms. The number of rotatable bonds is 2. The van der Waals surface area contributed by atoms with Crippen molar-refractivity contribution in [3.63, 3.8) is 0 Å².